The molecule has 0 aliphatic heterocycles. The van der Waals surface area contributed by atoms with E-state index in [2.05, 4.69) is 0 Å². The lowest BCUT2D eigenvalue weighted by atomic mass is 9.84. The maximum atomic E-state index is 14.4. The van der Waals surface area contributed by atoms with Crippen molar-refractivity contribution in [3.05, 3.63) is 101 Å². The minimum absolute atomic E-state index is 0.199. The highest BCUT2D eigenvalue weighted by molar-refractivity contribution is 5.86. The Bertz CT molecular complexity index is 2710. The lowest BCUT2D eigenvalue weighted by Gasteiger charge is -2.23. The normalized spacial score (nSPS) is 13.4. The summed E-state index contributed by atoms with van der Waals surface area (Å²) in [5.74, 6) is 0. The van der Waals surface area contributed by atoms with E-state index in [1.807, 2.05) is 0 Å². The smallest absolute Gasteiger partial charge is 0.192 e. The molecule has 0 N–H and O–H groups in total. The van der Waals surface area contributed by atoms with E-state index in [1.165, 1.54) is 0 Å². The van der Waals surface area contributed by atoms with Gasteiger partial charge in [-0.05, 0) is 18.2 Å². The Morgan fingerprint density at radius 3 is 0.948 bits per heavy atom. The molecule has 0 fully saturated rings. The molecule has 0 bridgehead atoms. The summed E-state index contributed by atoms with van der Waals surface area (Å²) in [5, 5.41) is 64.3. The Labute approximate surface area is 307 Å². The summed E-state index contributed by atoms with van der Waals surface area (Å²) in [4.78, 5) is 0. The first kappa shape index (κ1) is 45.0. The van der Waals surface area contributed by atoms with Gasteiger partial charge in [-0.3, -0.25) is 0 Å². The zero-order chi connectivity index (χ0) is 44.9. The molecule has 0 aliphatic carbocycles. The van der Waals surface area contributed by atoms with E-state index < -0.39 is 143 Å². The molecule has 0 amide bonds. The van der Waals surface area contributed by atoms with E-state index in [0.717, 1.165) is 24.3 Å². The van der Waals surface area contributed by atoms with Gasteiger partial charge in [0.05, 0.1) is 78.4 Å². The summed E-state index contributed by atoms with van der Waals surface area (Å²) in [6.07, 6.45) is -38.3. The van der Waals surface area contributed by atoms with Gasteiger partial charge in [-0.2, -0.15) is 116 Å². The average molecular weight is 839 g/mol. The molecule has 296 valence electrons. The predicted molar refractivity (Wildman–Crippen MR) is 148 cm³/mol. The molecule has 0 saturated heterocycles. The van der Waals surface area contributed by atoms with Gasteiger partial charge in [-0.25, -0.2) is 0 Å². The van der Waals surface area contributed by atoms with Gasteiger partial charge in [-0.1, -0.05) is 0 Å². The Balaban J connectivity index is 3.04. The Morgan fingerprint density at radius 1 is 0.362 bits per heavy atom. The van der Waals surface area contributed by atoms with Crippen LogP contribution in [0.3, 0.4) is 0 Å². The molecule has 25 heteroatoms. The topological polar surface area (TPSA) is 167 Å². The van der Waals surface area contributed by atoms with E-state index in [1.54, 1.807) is 0 Å². The standard InChI is InChI=1S/C33H3F18N7/c34-28(35,36)21-2-13(24(30(40,41)42)26(19(21)9-57)32(46,47)48)15(5-53)12-1-11(4-52)23(18(8-56)16(12)6-54)17(7-55)14-3-22(29(37,38)39)20(10-58)27(33(49,50)51)25(14)31(43,44)45/h1-3H/b15-12+,23-17-. The minimum atomic E-state index is -6.53. The molecule has 3 aromatic carbocycles. The van der Waals surface area contributed by atoms with Crippen molar-refractivity contribution < 1.29 is 79.0 Å². The number of hydrogen-bond acceptors (Lipinski definition) is 7. The van der Waals surface area contributed by atoms with Crippen molar-refractivity contribution in [1.82, 2.24) is 0 Å². The molecule has 0 unspecified atom stereocenters. The summed E-state index contributed by atoms with van der Waals surface area (Å²) >= 11 is 0. The zero-order valence-electron chi connectivity index (χ0n) is 26.7. The maximum absolute atomic E-state index is 14.4. The molecule has 0 aliphatic rings. The summed E-state index contributed by atoms with van der Waals surface area (Å²) in [6.45, 7) is 0. The lowest BCUT2D eigenvalue weighted by Crippen LogP contribution is -2.29. The van der Waals surface area contributed by atoms with E-state index in [0.29, 0.717) is 18.2 Å². The van der Waals surface area contributed by atoms with Crippen molar-refractivity contribution in [2.45, 2.75) is 37.1 Å². The van der Waals surface area contributed by atoms with Crippen LogP contribution in [0.15, 0.2) is 18.2 Å². The summed E-state index contributed by atoms with van der Waals surface area (Å²) < 4.78 is 255. The third kappa shape index (κ3) is 7.82. The third-order valence-corrected chi connectivity index (χ3v) is 7.58. The van der Waals surface area contributed by atoms with Crippen LogP contribution in [-0.2, 0) is 37.1 Å². The molecular formula is C33H3F18N7. The second-order valence-electron chi connectivity index (χ2n) is 10.8. The molecule has 3 aromatic rings. The molecule has 3 rings (SSSR count). The van der Waals surface area contributed by atoms with Gasteiger partial charge in [0, 0.05) is 21.6 Å². The number of nitrogens with zero attached hydrogens (tertiary/aromatic N) is 7. The fraction of sp³-hybridized carbons (Fsp3) is 0.182. The van der Waals surface area contributed by atoms with Gasteiger partial charge in [0.25, 0.3) is 0 Å². The number of rotatable bonds is 2. The minimum Gasteiger partial charge on any atom is -0.192 e. The van der Waals surface area contributed by atoms with Crippen LogP contribution in [0.1, 0.15) is 72.3 Å². The van der Waals surface area contributed by atoms with Crippen molar-refractivity contribution in [2.24, 2.45) is 0 Å². The number of hydrogen-bond donors (Lipinski definition) is 0. The van der Waals surface area contributed by atoms with E-state index in [4.69, 9.17) is 10.5 Å². The van der Waals surface area contributed by atoms with Crippen molar-refractivity contribution in [2.75, 3.05) is 0 Å². The van der Waals surface area contributed by atoms with Crippen LogP contribution in [0.5, 0.6) is 0 Å². The van der Waals surface area contributed by atoms with Crippen LogP contribution < -0.4 is 10.4 Å². The molecule has 0 saturated carbocycles. The molecule has 7 nitrogen and oxygen atoms in total. The van der Waals surface area contributed by atoms with Crippen molar-refractivity contribution in [3.8, 4) is 42.5 Å². The highest BCUT2D eigenvalue weighted by Crippen LogP contribution is 2.50. The van der Waals surface area contributed by atoms with Gasteiger partial charge >= 0.3 is 37.1 Å². The maximum Gasteiger partial charge on any atom is 0.418 e. The van der Waals surface area contributed by atoms with Crippen LogP contribution >= 0.6 is 0 Å². The monoisotopic (exact) mass is 839 g/mol. The number of alkyl halides is 18. The van der Waals surface area contributed by atoms with Crippen molar-refractivity contribution in [1.29, 1.82) is 36.8 Å². The first-order valence-corrected chi connectivity index (χ1v) is 13.9. The SMILES string of the molecule is N#C/C(c1cc(C(F)(F)F)c(C#N)c(C(F)(F)F)c1C(F)(F)F)=c1/cc(C#N)/c(=C(\C#N)c2cc(C(F)(F)F)c(C#N)c(C(F)(F)F)c2C(F)(F)F)c(C#N)c1C#N. The Kier molecular flexibility index (Phi) is 11.3. The van der Waals surface area contributed by atoms with Gasteiger partial charge in [0.1, 0.15) is 36.4 Å². The van der Waals surface area contributed by atoms with Crippen LogP contribution in [0, 0.1) is 79.3 Å². The highest BCUT2D eigenvalue weighted by atomic mass is 19.4. The quantitative estimate of drug-likeness (QED) is 0.233. The number of nitriles is 7. The Morgan fingerprint density at radius 2 is 0.690 bits per heavy atom. The molecule has 0 aromatic heterocycles. The lowest BCUT2D eigenvalue weighted by molar-refractivity contribution is -0.164. The summed E-state index contributed by atoms with van der Waals surface area (Å²) in [5.41, 5.74) is -38.7. The molecule has 0 atom stereocenters. The van der Waals surface area contributed by atoms with Crippen LogP contribution in [0.25, 0.3) is 11.1 Å². The number of halogens is 18. The predicted octanol–water partition coefficient (Wildman–Crippen LogP) is 8.60. The van der Waals surface area contributed by atoms with E-state index in [-0.39, 0.29) is 6.07 Å². The summed E-state index contributed by atoms with van der Waals surface area (Å²) in [7, 11) is 0. The van der Waals surface area contributed by atoms with E-state index >= 15 is 0 Å². The Hall–Kier alpha value is -7.43. The van der Waals surface area contributed by atoms with Crippen LogP contribution in [-0.4, -0.2) is 0 Å². The van der Waals surface area contributed by atoms with Gasteiger partial charge < -0.3 is 0 Å². The highest BCUT2D eigenvalue weighted by Gasteiger charge is 2.52. The molecular weight excluding hydrogens is 836 g/mol. The summed E-state index contributed by atoms with van der Waals surface area (Å²) in [6, 6.07) is 2.92. The average Bonchev–Trinajstić information content (AvgIpc) is 3.08. The molecule has 58 heavy (non-hydrogen) atoms. The fourth-order valence-electron chi connectivity index (χ4n) is 5.57. The first-order valence-electron chi connectivity index (χ1n) is 13.9. The second-order valence-corrected chi connectivity index (χ2v) is 10.8. The zero-order valence-corrected chi connectivity index (χ0v) is 26.7. The van der Waals surface area contributed by atoms with Gasteiger partial charge in [0.15, 0.2) is 0 Å². The molecule has 0 heterocycles. The molecule has 0 spiro atoms. The number of benzene rings is 3. The van der Waals surface area contributed by atoms with Crippen LogP contribution in [0.2, 0.25) is 0 Å². The van der Waals surface area contributed by atoms with Gasteiger partial charge in [0.2, 0.25) is 0 Å². The van der Waals surface area contributed by atoms with Crippen LogP contribution in [0.4, 0.5) is 79.0 Å². The molecule has 0 radical (unpaired) electrons. The second kappa shape index (κ2) is 14.6. The van der Waals surface area contributed by atoms with Gasteiger partial charge in [-0.15, -0.1) is 0 Å². The third-order valence-electron chi connectivity index (χ3n) is 7.58. The van der Waals surface area contributed by atoms with Crippen molar-refractivity contribution >= 4 is 11.1 Å². The fourth-order valence-corrected chi connectivity index (χ4v) is 5.57. The van der Waals surface area contributed by atoms with E-state index in [9.17, 15) is 105 Å². The van der Waals surface area contributed by atoms with Crippen molar-refractivity contribution in [3.63, 3.8) is 0 Å². The first-order chi connectivity index (χ1) is 26.3. The largest absolute Gasteiger partial charge is 0.418 e.